The van der Waals surface area contributed by atoms with Crippen molar-refractivity contribution in [2.75, 3.05) is 0 Å². The van der Waals surface area contributed by atoms with E-state index in [1.807, 2.05) is 12.1 Å². The highest BCUT2D eigenvalue weighted by Crippen LogP contribution is 2.48. The minimum absolute atomic E-state index is 0.760. The van der Waals surface area contributed by atoms with Crippen LogP contribution < -0.4 is 0 Å². The van der Waals surface area contributed by atoms with Crippen molar-refractivity contribution < 1.29 is 0 Å². The van der Waals surface area contributed by atoms with Gasteiger partial charge < -0.3 is 0 Å². The van der Waals surface area contributed by atoms with Crippen LogP contribution in [0.2, 0.25) is 5.02 Å². The second kappa shape index (κ2) is 6.34. The van der Waals surface area contributed by atoms with E-state index in [4.69, 9.17) is 11.6 Å². The lowest BCUT2D eigenvalue weighted by molar-refractivity contribution is 1.62. The van der Waals surface area contributed by atoms with Gasteiger partial charge in [0.25, 0.3) is 0 Å². The number of rotatable bonds is 1. The lowest BCUT2D eigenvalue weighted by Gasteiger charge is -2.14. The minimum Gasteiger partial charge on any atom is -0.0843 e. The van der Waals surface area contributed by atoms with Crippen LogP contribution in [0.15, 0.2) is 103 Å². The van der Waals surface area contributed by atoms with Crippen LogP contribution in [0.25, 0.3) is 55.3 Å². The molecule has 1 heteroatoms. The second-order valence-electron chi connectivity index (χ2n) is 7.49. The molecule has 0 unspecified atom stereocenters. The Labute approximate surface area is 175 Å². The van der Waals surface area contributed by atoms with Gasteiger partial charge in [0.15, 0.2) is 0 Å². The first-order chi connectivity index (χ1) is 14.3. The number of benzene rings is 5. The molecule has 136 valence electrons. The van der Waals surface area contributed by atoms with E-state index < -0.39 is 0 Å². The Bertz CT molecular complexity index is 1340. The average Bonchev–Trinajstić information content (AvgIpc) is 2.90. The lowest BCUT2D eigenvalue weighted by atomic mass is 9.89. The highest BCUT2D eigenvalue weighted by Gasteiger charge is 2.21. The zero-order valence-corrected chi connectivity index (χ0v) is 16.4. The van der Waals surface area contributed by atoms with Gasteiger partial charge in [-0.05, 0) is 67.4 Å². The van der Waals surface area contributed by atoms with Crippen LogP contribution in [-0.4, -0.2) is 0 Å². The molecule has 0 spiro atoms. The fourth-order valence-corrected chi connectivity index (χ4v) is 4.77. The summed E-state index contributed by atoms with van der Waals surface area (Å²) in [7, 11) is 0. The molecule has 0 heterocycles. The van der Waals surface area contributed by atoms with Crippen molar-refractivity contribution in [2.45, 2.75) is 0 Å². The first-order valence-corrected chi connectivity index (χ1v) is 10.2. The van der Waals surface area contributed by atoms with Crippen LogP contribution in [0, 0.1) is 0 Å². The summed E-state index contributed by atoms with van der Waals surface area (Å²) in [6.07, 6.45) is 0. The molecule has 5 aromatic carbocycles. The van der Waals surface area contributed by atoms with E-state index in [0.29, 0.717) is 0 Å². The molecule has 0 aliphatic heterocycles. The Morgan fingerprint density at radius 1 is 0.379 bits per heavy atom. The zero-order valence-electron chi connectivity index (χ0n) is 15.7. The molecule has 0 saturated heterocycles. The Hall–Kier alpha value is -3.35. The van der Waals surface area contributed by atoms with Gasteiger partial charge in [-0.3, -0.25) is 0 Å². The average molecular weight is 389 g/mol. The predicted octanol–water partition coefficient (Wildman–Crippen LogP) is 8.47. The van der Waals surface area contributed by atoms with E-state index >= 15 is 0 Å². The van der Waals surface area contributed by atoms with Gasteiger partial charge in [-0.25, -0.2) is 0 Å². The van der Waals surface area contributed by atoms with Crippen LogP contribution in [0.5, 0.6) is 0 Å². The lowest BCUT2D eigenvalue weighted by Crippen LogP contribution is -1.88. The van der Waals surface area contributed by atoms with Crippen LogP contribution >= 0.6 is 11.6 Å². The molecular weight excluding hydrogens is 372 g/mol. The van der Waals surface area contributed by atoms with Gasteiger partial charge in [-0.1, -0.05) is 103 Å². The third-order valence-corrected chi connectivity index (χ3v) is 6.17. The molecule has 6 rings (SSSR count). The van der Waals surface area contributed by atoms with Crippen molar-refractivity contribution in [1.29, 1.82) is 0 Å². The number of hydrogen-bond acceptors (Lipinski definition) is 0. The standard InChI is InChI=1S/C28H17Cl/c29-19-14-12-18(13-15-19)20-16-17-27-24-9-4-2-7-22(24)21-6-1-3-8-23(21)26-11-5-10-25(20)28(26)27/h1-17H. The number of fused-ring (bicyclic) bond motifs is 5. The summed E-state index contributed by atoms with van der Waals surface area (Å²) in [5, 5.41) is 3.35. The number of hydrogen-bond donors (Lipinski definition) is 0. The fraction of sp³-hybridized carbons (Fsp3) is 0. The van der Waals surface area contributed by atoms with Gasteiger partial charge in [0.05, 0.1) is 0 Å². The third kappa shape index (κ3) is 2.46. The summed E-state index contributed by atoms with van der Waals surface area (Å²) in [5.41, 5.74) is 10.2. The molecule has 0 bridgehead atoms. The van der Waals surface area contributed by atoms with Gasteiger partial charge >= 0.3 is 0 Å². The summed E-state index contributed by atoms with van der Waals surface area (Å²) < 4.78 is 0. The van der Waals surface area contributed by atoms with E-state index in [1.54, 1.807) is 0 Å². The molecule has 0 aromatic heterocycles. The normalized spacial score (nSPS) is 11.6. The van der Waals surface area contributed by atoms with Crippen molar-refractivity contribution in [3.8, 4) is 44.5 Å². The smallest absolute Gasteiger partial charge is 0.0406 e. The fourth-order valence-electron chi connectivity index (χ4n) is 4.64. The maximum Gasteiger partial charge on any atom is 0.0406 e. The first kappa shape index (κ1) is 16.6. The summed E-state index contributed by atoms with van der Waals surface area (Å²) in [5.74, 6) is 0. The maximum absolute atomic E-state index is 6.13. The SMILES string of the molecule is Clc1ccc(-c2ccc3c4c(cccc24)-c2ccccc2-c2ccccc2-3)cc1. The van der Waals surface area contributed by atoms with Gasteiger partial charge in [-0.2, -0.15) is 0 Å². The molecular formula is C28H17Cl. The molecule has 0 nitrogen and oxygen atoms in total. The largest absolute Gasteiger partial charge is 0.0843 e. The molecule has 29 heavy (non-hydrogen) atoms. The molecule has 0 saturated carbocycles. The molecule has 0 amide bonds. The van der Waals surface area contributed by atoms with Gasteiger partial charge in [0.2, 0.25) is 0 Å². The van der Waals surface area contributed by atoms with Crippen LogP contribution in [-0.2, 0) is 0 Å². The summed E-state index contributed by atoms with van der Waals surface area (Å²) >= 11 is 6.13. The van der Waals surface area contributed by atoms with Crippen molar-refractivity contribution in [2.24, 2.45) is 0 Å². The van der Waals surface area contributed by atoms with Crippen LogP contribution in [0.3, 0.4) is 0 Å². The maximum atomic E-state index is 6.13. The quantitative estimate of drug-likeness (QED) is 0.265. The van der Waals surface area contributed by atoms with Crippen LogP contribution in [0.4, 0.5) is 0 Å². The Kier molecular flexibility index (Phi) is 3.62. The Morgan fingerprint density at radius 2 is 0.862 bits per heavy atom. The Morgan fingerprint density at radius 3 is 1.48 bits per heavy atom. The monoisotopic (exact) mass is 388 g/mol. The molecule has 0 fully saturated rings. The molecule has 1 aliphatic carbocycles. The van der Waals surface area contributed by atoms with E-state index in [9.17, 15) is 0 Å². The molecule has 0 radical (unpaired) electrons. The first-order valence-electron chi connectivity index (χ1n) is 9.82. The van der Waals surface area contributed by atoms with Crippen molar-refractivity contribution in [3.63, 3.8) is 0 Å². The minimum atomic E-state index is 0.760. The molecule has 5 aromatic rings. The third-order valence-electron chi connectivity index (χ3n) is 5.92. The van der Waals surface area contributed by atoms with Gasteiger partial charge in [-0.15, -0.1) is 0 Å². The highest BCUT2D eigenvalue weighted by atomic mass is 35.5. The van der Waals surface area contributed by atoms with E-state index in [1.165, 1.54) is 55.3 Å². The Balaban J connectivity index is 1.79. The highest BCUT2D eigenvalue weighted by molar-refractivity contribution is 6.30. The number of halogens is 1. The van der Waals surface area contributed by atoms with Gasteiger partial charge in [0, 0.05) is 5.02 Å². The van der Waals surface area contributed by atoms with Crippen molar-refractivity contribution in [3.05, 3.63) is 108 Å². The summed E-state index contributed by atoms with van der Waals surface area (Å²) in [6, 6.07) is 36.8. The van der Waals surface area contributed by atoms with E-state index in [0.717, 1.165) is 5.02 Å². The molecule has 0 N–H and O–H groups in total. The van der Waals surface area contributed by atoms with E-state index in [-0.39, 0.29) is 0 Å². The van der Waals surface area contributed by atoms with Crippen molar-refractivity contribution >= 4 is 22.4 Å². The summed E-state index contributed by atoms with van der Waals surface area (Å²) in [4.78, 5) is 0. The van der Waals surface area contributed by atoms with Crippen molar-refractivity contribution in [1.82, 2.24) is 0 Å². The summed E-state index contributed by atoms with van der Waals surface area (Å²) in [6.45, 7) is 0. The second-order valence-corrected chi connectivity index (χ2v) is 7.92. The predicted molar refractivity (Wildman–Crippen MR) is 124 cm³/mol. The van der Waals surface area contributed by atoms with Gasteiger partial charge in [0.1, 0.15) is 0 Å². The molecule has 0 atom stereocenters. The molecule has 1 aliphatic rings. The zero-order chi connectivity index (χ0) is 19.4. The topological polar surface area (TPSA) is 0 Å². The van der Waals surface area contributed by atoms with Crippen LogP contribution in [0.1, 0.15) is 0 Å². The van der Waals surface area contributed by atoms with E-state index in [2.05, 4.69) is 91.0 Å².